The van der Waals surface area contributed by atoms with E-state index in [1.807, 2.05) is 19.1 Å². The van der Waals surface area contributed by atoms with Crippen LogP contribution < -0.4 is 10.6 Å². The lowest BCUT2D eigenvalue weighted by molar-refractivity contribution is 0.133. The topological polar surface area (TPSA) is 58.5 Å². The number of halogens is 1. The number of guanidine groups is 1. The maximum atomic E-state index is 5.55. The number of aromatic nitrogens is 1. The Balaban J connectivity index is 0.00000364. The van der Waals surface area contributed by atoms with Gasteiger partial charge in [-0.3, -0.25) is 0 Å². The van der Waals surface area contributed by atoms with Crippen LogP contribution in [0.3, 0.4) is 0 Å². The molecule has 1 heterocycles. The number of hydrogen-bond acceptors (Lipinski definition) is 4. The fourth-order valence-corrected chi connectivity index (χ4v) is 3.30. The van der Waals surface area contributed by atoms with E-state index in [0.29, 0.717) is 32.2 Å². The monoisotopic (exact) mass is 502 g/mol. The second-order valence-corrected chi connectivity index (χ2v) is 7.22. The molecular formula is C20H31IN4OS. The van der Waals surface area contributed by atoms with Crippen molar-refractivity contribution in [1.29, 1.82) is 0 Å². The van der Waals surface area contributed by atoms with Gasteiger partial charge in [0.2, 0.25) is 0 Å². The van der Waals surface area contributed by atoms with Crippen LogP contribution in [-0.4, -0.2) is 24.1 Å². The lowest BCUT2D eigenvalue weighted by Crippen LogP contribution is -2.36. The van der Waals surface area contributed by atoms with Crippen molar-refractivity contribution in [2.75, 3.05) is 13.2 Å². The number of nitrogens with one attached hydrogen (secondary N) is 2. The lowest BCUT2D eigenvalue weighted by atomic mass is 10.1. The van der Waals surface area contributed by atoms with Crippen LogP contribution in [0.25, 0.3) is 0 Å². The molecule has 0 spiro atoms. The summed E-state index contributed by atoms with van der Waals surface area (Å²) >= 11 is 1.69. The first-order valence-corrected chi connectivity index (χ1v) is 10.1. The van der Waals surface area contributed by atoms with Gasteiger partial charge in [0.05, 0.1) is 25.4 Å². The minimum Gasteiger partial charge on any atom is -0.377 e. The van der Waals surface area contributed by atoms with Crippen LogP contribution in [0.1, 0.15) is 55.4 Å². The summed E-state index contributed by atoms with van der Waals surface area (Å²) in [6.07, 6.45) is 0. The molecule has 0 atom stereocenters. The first-order valence-electron chi connectivity index (χ1n) is 9.25. The highest BCUT2D eigenvalue weighted by Gasteiger charge is 2.07. The zero-order valence-electron chi connectivity index (χ0n) is 16.6. The van der Waals surface area contributed by atoms with Gasteiger partial charge in [-0.15, -0.1) is 35.3 Å². The number of benzene rings is 1. The van der Waals surface area contributed by atoms with E-state index in [9.17, 15) is 0 Å². The highest BCUT2D eigenvalue weighted by atomic mass is 127. The van der Waals surface area contributed by atoms with Crippen molar-refractivity contribution in [2.45, 2.75) is 53.3 Å². The van der Waals surface area contributed by atoms with Gasteiger partial charge in [0.1, 0.15) is 5.01 Å². The average Bonchev–Trinajstić information content (AvgIpc) is 3.12. The van der Waals surface area contributed by atoms with Crippen molar-refractivity contribution in [2.24, 2.45) is 4.99 Å². The third kappa shape index (κ3) is 8.15. The van der Waals surface area contributed by atoms with Gasteiger partial charge >= 0.3 is 0 Å². The van der Waals surface area contributed by atoms with Crippen molar-refractivity contribution < 1.29 is 4.74 Å². The Morgan fingerprint density at radius 2 is 1.93 bits per heavy atom. The first kappa shape index (κ1) is 23.8. The highest BCUT2D eigenvalue weighted by molar-refractivity contribution is 14.0. The van der Waals surface area contributed by atoms with E-state index in [4.69, 9.17) is 9.73 Å². The maximum absolute atomic E-state index is 5.55. The molecule has 0 unspecified atom stereocenters. The van der Waals surface area contributed by atoms with Crippen molar-refractivity contribution in [3.8, 4) is 0 Å². The van der Waals surface area contributed by atoms with Crippen LogP contribution in [0.4, 0.5) is 0 Å². The second-order valence-electron chi connectivity index (χ2n) is 6.28. The zero-order chi connectivity index (χ0) is 18.8. The van der Waals surface area contributed by atoms with E-state index in [1.165, 1.54) is 11.1 Å². The number of nitrogens with zero attached hydrogens (tertiary/aromatic N) is 2. The van der Waals surface area contributed by atoms with E-state index < -0.39 is 0 Å². The van der Waals surface area contributed by atoms with Gasteiger partial charge in [-0.25, -0.2) is 9.98 Å². The van der Waals surface area contributed by atoms with Crippen LogP contribution in [0.5, 0.6) is 0 Å². The quantitative estimate of drug-likeness (QED) is 0.297. The molecule has 0 aliphatic rings. The van der Waals surface area contributed by atoms with E-state index in [2.05, 4.69) is 53.9 Å². The number of ether oxygens (including phenoxy) is 1. The number of thiazole rings is 1. The summed E-state index contributed by atoms with van der Waals surface area (Å²) in [6, 6.07) is 8.30. The summed E-state index contributed by atoms with van der Waals surface area (Å²) in [5.74, 6) is 1.27. The summed E-state index contributed by atoms with van der Waals surface area (Å²) in [6.45, 7) is 11.9. The molecule has 1 aromatic heterocycles. The molecular weight excluding hydrogens is 471 g/mol. The smallest absolute Gasteiger partial charge is 0.191 e. The van der Waals surface area contributed by atoms with Crippen molar-refractivity contribution >= 4 is 41.3 Å². The Bertz CT molecular complexity index is 703. The Morgan fingerprint density at radius 3 is 2.56 bits per heavy atom. The Hall–Kier alpha value is -1.19. The SMILES string of the molecule is CCNC(=NCc1ccccc1COCC)NCc1nc(C(C)C)cs1.I. The predicted octanol–water partition coefficient (Wildman–Crippen LogP) is 4.68. The van der Waals surface area contributed by atoms with Crippen molar-refractivity contribution in [3.05, 3.63) is 51.5 Å². The normalized spacial score (nSPS) is 11.4. The second kappa shape index (κ2) is 13.1. The third-order valence-corrected chi connectivity index (χ3v) is 4.77. The largest absolute Gasteiger partial charge is 0.377 e. The van der Waals surface area contributed by atoms with Crippen LogP contribution in [0, 0.1) is 0 Å². The molecule has 2 N–H and O–H groups in total. The summed E-state index contributed by atoms with van der Waals surface area (Å²) in [7, 11) is 0. The van der Waals surface area contributed by atoms with Crippen LogP contribution in [0.2, 0.25) is 0 Å². The first-order chi connectivity index (χ1) is 12.6. The molecule has 2 rings (SSSR count). The Labute approximate surface area is 184 Å². The van der Waals surface area contributed by atoms with E-state index >= 15 is 0 Å². The summed E-state index contributed by atoms with van der Waals surface area (Å²) in [5.41, 5.74) is 3.53. The van der Waals surface area contributed by atoms with Crippen LogP contribution in [0.15, 0.2) is 34.6 Å². The van der Waals surface area contributed by atoms with Gasteiger partial charge < -0.3 is 15.4 Å². The molecule has 5 nitrogen and oxygen atoms in total. The van der Waals surface area contributed by atoms with Gasteiger partial charge in [-0.1, -0.05) is 38.1 Å². The molecule has 0 saturated carbocycles. The van der Waals surface area contributed by atoms with Crippen molar-refractivity contribution in [1.82, 2.24) is 15.6 Å². The number of aliphatic imine (C=N–C) groups is 1. The molecule has 27 heavy (non-hydrogen) atoms. The molecule has 0 aliphatic carbocycles. The molecule has 0 saturated heterocycles. The Morgan fingerprint density at radius 1 is 1.19 bits per heavy atom. The fraction of sp³-hybridized carbons (Fsp3) is 0.500. The van der Waals surface area contributed by atoms with E-state index in [0.717, 1.165) is 23.2 Å². The van der Waals surface area contributed by atoms with Gasteiger partial charge in [0, 0.05) is 18.5 Å². The standard InChI is InChI=1S/C20H30N4OS.HI/c1-5-21-20(23-12-19-24-18(14-26-19)15(3)4)22-11-16-9-7-8-10-17(16)13-25-6-2;/h7-10,14-15H,5-6,11-13H2,1-4H3,(H2,21,22,23);1H. The molecule has 0 fully saturated rings. The van der Waals surface area contributed by atoms with E-state index in [-0.39, 0.29) is 24.0 Å². The molecule has 0 radical (unpaired) electrons. The predicted molar refractivity (Wildman–Crippen MR) is 125 cm³/mol. The summed E-state index contributed by atoms with van der Waals surface area (Å²) in [4.78, 5) is 9.39. The molecule has 1 aromatic carbocycles. The molecule has 0 amide bonds. The minimum absolute atomic E-state index is 0. The minimum atomic E-state index is 0. The summed E-state index contributed by atoms with van der Waals surface area (Å²) in [5, 5.41) is 9.89. The van der Waals surface area contributed by atoms with Crippen molar-refractivity contribution in [3.63, 3.8) is 0 Å². The molecule has 7 heteroatoms. The number of rotatable bonds is 9. The Kier molecular flexibility index (Phi) is 11.5. The molecule has 0 aliphatic heterocycles. The highest BCUT2D eigenvalue weighted by Crippen LogP contribution is 2.17. The zero-order valence-corrected chi connectivity index (χ0v) is 19.8. The lowest BCUT2D eigenvalue weighted by Gasteiger charge is -2.12. The summed E-state index contributed by atoms with van der Waals surface area (Å²) < 4.78 is 5.55. The van der Waals surface area contributed by atoms with Gasteiger partial charge in [0.25, 0.3) is 0 Å². The fourth-order valence-electron chi connectivity index (χ4n) is 2.40. The molecule has 150 valence electrons. The average molecular weight is 502 g/mol. The van der Waals surface area contributed by atoms with Gasteiger partial charge in [-0.05, 0) is 30.9 Å². The number of hydrogen-bond donors (Lipinski definition) is 2. The van der Waals surface area contributed by atoms with E-state index in [1.54, 1.807) is 11.3 Å². The maximum Gasteiger partial charge on any atom is 0.191 e. The third-order valence-electron chi connectivity index (χ3n) is 3.90. The molecule has 2 aromatic rings. The van der Waals surface area contributed by atoms with Gasteiger partial charge in [0.15, 0.2) is 5.96 Å². The van der Waals surface area contributed by atoms with Gasteiger partial charge in [-0.2, -0.15) is 0 Å². The van der Waals surface area contributed by atoms with Crippen LogP contribution >= 0.6 is 35.3 Å². The molecule has 0 bridgehead atoms. The van der Waals surface area contributed by atoms with Crippen LogP contribution in [-0.2, 0) is 24.4 Å².